The summed E-state index contributed by atoms with van der Waals surface area (Å²) in [5, 5.41) is 19.5. The molecule has 0 aromatic carbocycles. The monoisotopic (exact) mass is 217 g/mol. The topological polar surface area (TPSA) is 111 Å². The van der Waals surface area contributed by atoms with E-state index in [-0.39, 0.29) is 5.82 Å². The Labute approximate surface area is 88.9 Å². The van der Waals surface area contributed by atoms with E-state index in [2.05, 4.69) is 5.43 Å². The highest BCUT2D eigenvalue weighted by atomic mass is 16.5. The van der Waals surface area contributed by atoms with Crippen LogP contribution < -0.4 is 16.9 Å². The van der Waals surface area contributed by atoms with Crippen LogP contribution in [0, 0.1) is 0 Å². The van der Waals surface area contributed by atoms with Crippen LogP contribution in [0.5, 0.6) is 0 Å². The van der Waals surface area contributed by atoms with Gasteiger partial charge in [0.2, 0.25) is 0 Å². The minimum atomic E-state index is -0.840. The largest absolute Gasteiger partial charge is 0.396 e. The summed E-state index contributed by atoms with van der Waals surface area (Å²) < 4.78 is 0. The molecule has 2 unspecified atom stereocenters. The van der Waals surface area contributed by atoms with E-state index in [1.165, 1.54) is 0 Å². The van der Waals surface area contributed by atoms with Gasteiger partial charge in [0, 0.05) is 6.42 Å². The third kappa shape index (κ3) is 1.86. The van der Waals surface area contributed by atoms with Crippen molar-refractivity contribution >= 4 is 0 Å². The molecule has 2 atom stereocenters. The van der Waals surface area contributed by atoms with Crippen LogP contribution in [-0.2, 0) is 0 Å². The Morgan fingerprint density at radius 1 is 1.53 bits per heavy atom. The first-order valence-corrected chi connectivity index (χ1v) is 4.69. The second-order valence-corrected chi connectivity index (χ2v) is 4.03. The molecule has 0 aromatic rings. The lowest BCUT2D eigenvalue weighted by Crippen LogP contribution is -2.59. The maximum Gasteiger partial charge on any atom is 0.164 e. The third-order valence-corrected chi connectivity index (χ3v) is 2.59. The molecule has 7 N–H and O–H groups in total. The summed E-state index contributed by atoms with van der Waals surface area (Å²) >= 11 is 0. The molecule has 1 heterocycles. The lowest BCUT2D eigenvalue weighted by atomic mass is 9.99. The zero-order valence-corrected chi connectivity index (χ0v) is 9.23. The van der Waals surface area contributed by atoms with Crippen LogP contribution in [0.25, 0.3) is 0 Å². The molecule has 1 rings (SSSR count). The van der Waals surface area contributed by atoms with Gasteiger partial charge in [-0.3, -0.25) is 10.1 Å². The van der Waals surface area contributed by atoms with Crippen molar-refractivity contribution in [1.29, 1.82) is 0 Å². The molecule has 1 aliphatic heterocycles. The zero-order valence-electron chi connectivity index (χ0n) is 9.23. The fourth-order valence-corrected chi connectivity index (χ4v) is 1.73. The Kier molecular flexibility index (Phi) is 3.10. The van der Waals surface area contributed by atoms with Crippen molar-refractivity contribution in [3.05, 3.63) is 11.5 Å². The molecule has 0 aromatic heterocycles. The summed E-state index contributed by atoms with van der Waals surface area (Å²) in [5.41, 5.74) is 13.6. The van der Waals surface area contributed by atoms with Gasteiger partial charge in [-0.2, -0.15) is 10.6 Å². The van der Waals surface area contributed by atoms with Crippen LogP contribution in [0.2, 0.25) is 0 Å². The Morgan fingerprint density at radius 3 is 2.33 bits per heavy atom. The number of likely N-dealkylation sites (N-methyl/N-ethyl adjacent to an activating group) is 1. The highest BCUT2D eigenvalue weighted by Gasteiger charge is 2.45. The lowest BCUT2D eigenvalue weighted by Gasteiger charge is -2.37. The summed E-state index contributed by atoms with van der Waals surface area (Å²) in [5.74, 6) is 0.0596. The molecule has 0 amide bonds. The van der Waals surface area contributed by atoms with Crippen molar-refractivity contribution in [2.75, 3.05) is 14.1 Å². The molecule has 0 aliphatic carbocycles. The summed E-state index contributed by atoms with van der Waals surface area (Å²) in [6.07, 6.45) is -0.249. The molecule has 0 radical (unpaired) electrons. The first-order valence-electron chi connectivity index (χ1n) is 4.69. The Balaban J connectivity index is 3.05. The van der Waals surface area contributed by atoms with Crippen LogP contribution in [0.4, 0.5) is 0 Å². The number of hydrogen-bond acceptors (Lipinski definition) is 7. The van der Waals surface area contributed by atoms with Crippen molar-refractivity contribution in [1.82, 2.24) is 15.5 Å². The van der Waals surface area contributed by atoms with Gasteiger partial charge in [0.25, 0.3) is 0 Å². The maximum atomic E-state index is 9.43. The molecular weight excluding hydrogens is 198 g/mol. The number of nitrogens with one attached hydrogen (secondary N) is 1. The number of hydrazine groups is 1. The quantitative estimate of drug-likeness (QED) is 0.383. The van der Waals surface area contributed by atoms with E-state index in [1.807, 2.05) is 0 Å². The van der Waals surface area contributed by atoms with Crippen molar-refractivity contribution in [3.63, 3.8) is 0 Å². The van der Waals surface area contributed by atoms with Crippen molar-refractivity contribution in [2.24, 2.45) is 11.5 Å². The minimum Gasteiger partial charge on any atom is -0.396 e. The summed E-state index contributed by atoms with van der Waals surface area (Å²) in [7, 11) is 3.57. The molecule has 0 fully saturated rings. The standard InChI is InChI=1S/C8H19N5O2/c1-5(14)4-8(12(2)3)6(9)7(10)13(15)11-8/h5,11,14-15H,4,9-10H2,1-3H3. The molecule has 15 heavy (non-hydrogen) atoms. The van der Waals surface area contributed by atoms with E-state index < -0.39 is 11.8 Å². The van der Waals surface area contributed by atoms with E-state index in [9.17, 15) is 10.3 Å². The number of hydroxylamine groups is 1. The zero-order chi connectivity index (χ0) is 11.8. The van der Waals surface area contributed by atoms with Crippen LogP contribution in [0.1, 0.15) is 13.3 Å². The highest BCUT2D eigenvalue weighted by Crippen LogP contribution is 2.28. The average molecular weight is 217 g/mol. The first-order chi connectivity index (χ1) is 6.81. The van der Waals surface area contributed by atoms with E-state index >= 15 is 0 Å². The van der Waals surface area contributed by atoms with Crippen molar-refractivity contribution in [3.8, 4) is 0 Å². The number of aliphatic hydroxyl groups is 1. The van der Waals surface area contributed by atoms with Crippen LogP contribution in [0.3, 0.4) is 0 Å². The lowest BCUT2D eigenvalue weighted by molar-refractivity contribution is -0.130. The minimum absolute atomic E-state index is 0.0596. The van der Waals surface area contributed by atoms with E-state index in [4.69, 9.17) is 11.5 Å². The second-order valence-electron chi connectivity index (χ2n) is 4.03. The molecule has 0 spiro atoms. The molecule has 1 aliphatic rings. The highest BCUT2D eigenvalue weighted by molar-refractivity contribution is 5.24. The van der Waals surface area contributed by atoms with Crippen molar-refractivity contribution < 1.29 is 10.3 Å². The Morgan fingerprint density at radius 2 is 2.07 bits per heavy atom. The smallest absolute Gasteiger partial charge is 0.164 e. The molecule has 7 heteroatoms. The van der Waals surface area contributed by atoms with Gasteiger partial charge in [0.05, 0.1) is 11.8 Å². The van der Waals surface area contributed by atoms with E-state index in [1.54, 1.807) is 25.9 Å². The Bertz CT molecular complexity index is 278. The van der Waals surface area contributed by atoms with Gasteiger partial charge < -0.3 is 16.6 Å². The van der Waals surface area contributed by atoms with Crippen molar-refractivity contribution in [2.45, 2.75) is 25.1 Å². The van der Waals surface area contributed by atoms with E-state index in [0.717, 1.165) is 0 Å². The van der Waals surface area contributed by atoms with Gasteiger partial charge in [-0.25, -0.2) is 0 Å². The second kappa shape index (κ2) is 3.86. The maximum absolute atomic E-state index is 9.43. The van der Waals surface area contributed by atoms with Gasteiger partial charge in [-0.05, 0) is 21.0 Å². The average Bonchev–Trinajstić information content (AvgIpc) is 2.31. The molecule has 7 nitrogen and oxygen atoms in total. The number of nitrogens with zero attached hydrogens (tertiary/aromatic N) is 2. The predicted molar refractivity (Wildman–Crippen MR) is 54.9 cm³/mol. The SMILES string of the molecule is CC(O)CC1(N(C)C)NN(O)C(N)=C1N. The van der Waals surface area contributed by atoms with Gasteiger partial charge in [-0.15, -0.1) is 0 Å². The summed E-state index contributed by atoms with van der Waals surface area (Å²) in [6, 6.07) is 0. The molecule has 0 saturated heterocycles. The van der Waals surface area contributed by atoms with Crippen LogP contribution in [-0.4, -0.2) is 46.2 Å². The fraction of sp³-hybridized carbons (Fsp3) is 0.750. The molecule has 0 bridgehead atoms. The number of nitrogens with two attached hydrogens (primary N) is 2. The third-order valence-electron chi connectivity index (χ3n) is 2.59. The van der Waals surface area contributed by atoms with Gasteiger partial charge in [0.15, 0.2) is 5.82 Å². The van der Waals surface area contributed by atoms with Gasteiger partial charge in [-0.1, -0.05) is 0 Å². The summed E-state index contributed by atoms with van der Waals surface area (Å²) in [6.45, 7) is 1.65. The molecule has 0 saturated carbocycles. The number of hydrogen-bond donors (Lipinski definition) is 5. The Hall–Kier alpha value is -1.02. The van der Waals surface area contributed by atoms with Crippen LogP contribution in [0.15, 0.2) is 11.5 Å². The number of rotatable bonds is 3. The fourth-order valence-electron chi connectivity index (χ4n) is 1.73. The normalized spacial score (nSPS) is 29.1. The van der Waals surface area contributed by atoms with E-state index in [0.29, 0.717) is 17.3 Å². The predicted octanol–water partition coefficient (Wildman–Crippen LogP) is -1.69. The molecule has 88 valence electrons. The first kappa shape index (κ1) is 12.1. The summed E-state index contributed by atoms with van der Waals surface area (Å²) in [4.78, 5) is 1.76. The van der Waals surface area contributed by atoms with Crippen LogP contribution >= 0.6 is 0 Å². The van der Waals surface area contributed by atoms with Gasteiger partial charge >= 0.3 is 0 Å². The molecular formula is C8H19N5O2. The van der Waals surface area contributed by atoms with Gasteiger partial charge in [0.1, 0.15) is 5.66 Å². The number of aliphatic hydroxyl groups excluding tert-OH is 1.